The summed E-state index contributed by atoms with van der Waals surface area (Å²) in [5.74, 6) is 2.84. The highest BCUT2D eigenvalue weighted by molar-refractivity contribution is 5.57. The lowest BCUT2D eigenvalue weighted by Gasteiger charge is -2.23. The monoisotopic (exact) mass is 293 g/mol. The van der Waals surface area contributed by atoms with Crippen molar-refractivity contribution in [1.29, 1.82) is 0 Å². The summed E-state index contributed by atoms with van der Waals surface area (Å²) < 4.78 is 22.1. The first-order valence-corrected chi connectivity index (χ1v) is 7.11. The Morgan fingerprint density at radius 3 is 2.43 bits per heavy atom. The molecule has 1 aliphatic heterocycles. The normalized spacial score (nSPS) is 15.1. The quantitative estimate of drug-likeness (QED) is 0.837. The zero-order chi connectivity index (χ0) is 15.2. The molecule has 21 heavy (non-hydrogen) atoms. The number of hydrogen-bond donors (Lipinski definition) is 1. The molecule has 1 aliphatic rings. The summed E-state index contributed by atoms with van der Waals surface area (Å²) in [4.78, 5) is 0. The van der Waals surface area contributed by atoms with Crippen LogP contribution in [0.2, 0.25) is 0 Å². The molecule has 0 saturated heterocycles. The van der Waals surface area contributed by atoms with Crippen molar-refractivity contribution in [3.63, 3.8) is 0 Å². The number of ether oxygens (including phenoxy) is 4. The molecule has 1 heterocycles. The van der Waals surface area contributed by atoms with Crippen LogP contribution in [0.15, 0.2) is 24.0 Å². The van der Waals surface area contributed by atoms with Crippen molar-refractivity contribution < 1.29 is 18.9 Å². The Kier molecular flexibility index (Phi) is 5.33. The Balaban J connectivity index is 2.49. The first kappa shape index (κ1) is 15.5. The molecule has 2 rings (SSSR count). The van der Waals surface area contributed by atoms with Gasteiger partial charge in [0.05, 0.1) is 34.0 Å². The van der Waals surface area contributed by atoms with Gasteiger partial charge in [-0.25, -0.2) is 0 Å². The van der Waals surface area contributed by atoms with Crippen LogP contribution in [0.1, 0.15) is 24.9 Å². The first-order chi connectivity index (χ1) is 10.3. The van der Waals surface area contributed by atoms with Crippen LogP contribution in [0.4, 0.5) is 0 Å². The van der Waals surface area contributed by atoms with Gasteiger partial charge in [-0.15, -0.1) is 0 Å². The maximum atomic E-state index is 5.72. The van der Waals surface area contributed by atoms with Gasteiger partial charge in [0.2, 0.25) is 5.75 Å². The lowest BCUT2D eigenvalue weighted by Crippen LogP contribution is -2.23. The maximum Gasteiger partial charge on any atom is 0.203 e. The molecule has 1 atom stereocenters. The van der Waals surface area contributed by atoms with Gasteiger partial charge in [0, 0.05) is 12.0 Å². The molecular weight excluding hydrogens is 270 g/mol. The largest absolute Gasteiger partial charge is 0.496 e. The number of benzene rings is 1. The van der Waals surface area contributed by atoms with E-state index in [9.17, 15) is 0 Å². The van der Waals surface area contributed by atoms with Crippen molar-refractivity contribution in [1.82, 2.24) is 5.32 Å². The minimum atomic E-state index is -0.0488. The molecule has 0 aromatic heterocycles. The number of nitrogens with one attached hydrogen (secondary N) is 1. The molecule has 0 spiro atoms. The third kappa shape index (κ3) is 3.08. The second-order valence-corrected chi connectivity index (χ2v) is 4.66. The predicted octanol–water partition coefficient (Wildman–Crippen LogP) is 2.67. The Bertz CT molecular complexity index is 513. The summed E-state index contributed by atoms with van der Waals surface area (Å²) in [5, 5.41) is 3.43. The summed E-state index contributed by atoms with van der Waals surface area (Å²) in [5.41, 5.74) is 0.977. The zero-order valence-electron chi connectivity index (χ0n) is 13.1. The van der Waals surface area contributed by atoms with Crippen LogP contribution < -0.4 is 19.5 Å². The summed E-state index contributed by atoms with van der Waals surface area (Å²) in [6.07, 6.45) is 3.05. The third-order valence-corrected chi connectivity index (χ3v) is 3.47. The van der Waals surface area contributed by atoms with Crippen molar-refractivity contribution in [3.8, 4) is 17.2 Å². The Morgan fingerprint density at radius 1 is 1.14 bits per heavy atom. The number of methoxy groups -OCH3 is 3. The van der Waals surface area contributed by atoms with Crippen LogP contribution in [-0.2, 0) is 4.74 Å². The average Bonchev–Trinajstić information content (AvgIpc) is 3.05. The van der Waals surface area contributed by atoms with E-state index in [0.29, 0.717) is 17.2 Å². The predicted molar refractivity (Wildman–Crippen MR) is 81.2 cm³/mol. The second-order valence-electron chi connectivity index (χ2n) is 4.66. The van der Waals surface area contributed by atoms with E-state index in [-0.39, 0.29) is 6.04 Å². The molecule has 0 saturated carbocycles. The van der Waals surface area contributed by atoms with Crippen molar-refractivity contribution >= 4 is 0 Å². The van der Waals surface area contributed by atoms with Crippen molar-refractivity contribution in [2.75, 3.05) is 34.5 Å². The highest BCUT2D eigenvalue weighted by Gasteiger charge is 2.26. The molecular formula is C16H23NO4. The topological polar surface area (TPSA) is 49.0 Å². The fraction of sp³-hybridized carbons (Fsp3) is 0.500. The van der Waals surface area contributed by atoms with E-state index >= 15 is 0 Å². The zero-order valence-corrected chi connectivity index (χ0v) is 13.1. The maximum absolute atomic E-state index is 5.72. The van der Waals surface area contributed by atoms with Crippen LogP contribution in [0.3, 0.4) is 0 Å². The van der Waals surface area contributed by atoms with E-state index in [0.717, 1.165) is 30.9 Å². The summed E-state index contributed by atoms with van der Waals surface area (Å²) in [6.45, 7) is 3.62. The molecule has 1 unspecified atom stereocenters. The molecule has 116 valence electrons. The molecule has 1 aromatic carbocycles. The van der Waals surface area contributed by atoms with Crippen LogP contribution >= 0.6 is 0 Å². The molecule has 1 N–H and O–H groups in total. The minimum absolute atomic E-state index is 0.0488. The fourth-order valence-electron chi connectivity index (χ4n) is 2.56. The van der Waals surface area contributed by atoms with Gasteiger partial charge in [-0.3, -0.25) is 0 Å². The van der Waals surface area contributed by atoms with E-state index in [2.05, 4.69) is 18.3 Å². The highest BCUT2D eigenvalue weighted by atomic mass is 16.5. The highest BCUT2D eigenvalue weighted by Crippen LogP contribution is 2.44. The lowest BCUT2D eigenvalue weighted by molar-refractivity contribution is 0.214. The van der Waals surface area contributed by atoms with E-state index in [4.69, 9.17) is 18.9 Å². The summed E-state index contributed by atoms with van der Waals surface area (Å²) in [7, 11) is 4.85. The molecule has 5 nitrogen and oxygen atoms in total. The Morgan fingerprint density at radius 2 is 1.90 bits per heavy atom. The number of likely N-dealkylation sites (N-methyl/N-ethyl adjacent to an activating group) is 1. The van der Waals surface area contributed by atoms with E-state index in [1.165, 1.54) is 0 Å². The van der Waals surface area contributed by atoms with Gasteiger partial charge >= 0.3 is 0 Å². The van der Waals surface area contributed by atoms with Crippen molar-refractivity contribution in [2.45, 2.75) is 19.4 Å². The van der Waals surface area contributed by atoms with E-state index in [1.54, 1.807) is 21.3 Å². The molecule has 0 amide bonds. The molecule has 0 aliphatic carbocycles. The van der Waals surface area contributed by atoms with Gasteiger partial charge < -0.3 is 24.3 Å². The van der Waals surface area contributed by atoms with E-state index < -0.39 is 0 Å². The van der Waals surface area contributed by atoms with Gasteiger partial charge in [-0.05, 0) is 24.8 Å². The molecule has 0 bridgehead atoms. The standard InChI is InChI=1S/C16H23NO4/c1-5-17-14(12-7-6-10-21-12)11-8-9-13(18-2)16(20-4)15(11)19-3/h7-9,14,17H,5-6,10H2,1-4H3. The molecule has 5 heteroatoms. The molecule has 1 aromatic rings. The summed E-state index contributed by atoms with van der Waals surface area (Å²) >= 11 is 0. The fourth-order valence-corrected chi connectivity index (χ4v) is 2.56. The molecule has 0 fully saturated rings. The van der Waals surface area contributed by atoms with Crippen LogP contribution in [0, 0.1) is 0 Å². The third-order valence-electron chi connectivity index (χ3n) is 3.47. The van der Waals surface area contributed by atoms with Crippen LogP contribution in [-0.4, -0.2) is 34.5 Å². The van der Waals surface area contributed by atoms with Crippen LogP contribution in [0.25, 0.3) is 0 Å². The van der Waals surface area contributed by atoms with E-state index in [1.807, 2.05) is 12.1 Å². The van der Waals surface area contributed by atoms with Crippen molar-refractivity contribution in [3.05, 3.63) is 29.5 Å². The number of hydrogen-bond acceptors (Lipinski definition) is 5. The van der Waals surface area contributed by atoms with Crippen molar-refractivity contribution in [2.24, 2.45) is 0 Å². The Hall–Kier alpha value is -1.88. The number of rotatable bonds is 7. The summed E-state index contributed by atoms with van der Waals surface area (Å²) in [6, 6.07) is 3.82. The van der Waals surface area contributed by atoms with Gasteiger partial charge in [-0.2, -0.15) is 0 Å². The minimum Gasteiger partial charge on any atom is -0.496 e. The Labute approximate surface area is 125 Å². The smallest absolute Gasteiger partial charge is 0.203 e. The lowest BCUT2D eigenvalue weighted by atomic mass is 10.0. The van der Waals surface area contributed by atoms with Gasteiger partial charge in [0.1, 0.15) is 5.76 Å². The van der Waals surface area contributed by atoms with Crippen LogP contribution in [0.5, 0.6) is 17.2 Å². The second kappa shape index (κ2) is 7.22. The van der Waals surface area contributed by atoms with Gasteiger partial charge in [0.15, 0.2) is 11.5 Å². The molecule has 0 radical (unpaired) electrons. The van der Waals surface area contributed by atoms with Gasteiger partial charge in [-0.1, -0.05) is 6.92 Å². The first-order valence-electron chi connectivity index (χ1n) is 7.11. The SMILES string of the molecule is CCNC(C1=CCCO1)c1ccc(OC)c(OC)c1OC. The van der Waals surface area contributed by atoms with Gasteiger partial charge in [0.25, 0.3) is 0 Å². The average molecular weight is 293 g/mol.